The second-order valence-electron chi connectivity index (χ2n) is 7.60. The molecule has 0 amide bonds. The van der Waals surface area contributed by atoms with Gasteiger partial charge in [-0.25, -0.2) is 0 Å². The Morgan fingerprint density at radius 3 is 2.64 bits per heavy atom. The van der Waals surface area contributed by atoms with E-state index in [1.54, 1.807) is 4.90 Å². The zero-order valence-electron chi connectivity index (χ0n) is 17.4. The lowest BCUT2D eigenvalue weighted by molar-refractivity contribution is -0.143. The Kier molecular flexibility index (Phi) is 6.09. The van der Waals surface area contributed by atoms with Crippen molar-refractivity contribution >= 4 is 5.97 Å². The molecule has 0 aliphatic carbocycles. The fourth-order valence-electron chi connectivity index (χ4n) is 3.52. The van der Waals surface area contributed by atoms with Gasteiger partial charge in [-0.2, -0.15) is 0 Å². The van der Waals surface area contributed by atoms with Gasteiger partial charge in [0.2, 0.25) is 0 Å². The van der Waals surface area contributed by atoms with Crippen molar-refractivity contribution in [1.82, 2.24) is 20.4 Å². The Bertz CT molecular complexity index is 819. The molecule has 6 heteroatoms. The number of nitrogens with zero attached hydrogens (tertiary/aromatic N) is 2. The van der Waals surface area contributed by atoms with Crippen LogP contribution in [0.3, 0.4) is 0 Å². The van der Waals surface area contributed by atoms with Crippen LogP contribution in [0.1, 0.15) is 23.6 Å². The van der Waals surface area contributed by atoms with E-state index >= 15 is 0 Å². The standard InChI is InChI=1S/C22H30N4O2/c1-15-8-6-9-16(2)18(15)12-23-19-10-7-11-26-17(3)20(24-22(19)26)14-28-21(27)13-25(4)5/h6-11,22-24H,12-14H2,1-5H3. The molecule has 1 aromatic carbocycles. The fourth-order valence-corrected chi connectivity index (χ4v) is 3.52. The quantitative estimate of drug-likeness (QED) is 0.706. The highest BCUT2D eigenvalue weighted by Gasteiger charge is 2.32. The van der Waals surface area contributed by atoms with E-state index in [-0.39, 0.29) is 25.3 Å². The molecule has 28 heavy (non-hydrogen) atoms. The van der Waals surface area contributed by atoms with Gasteiger partial charge in [-0.1, -0.05) is 18.2 Å². The number of ether oxygens (including phenoxy) is 1. The number of hydrogen-bond acceptors (Lipinski definition) is 6. The molecule has 2 heterocycles. The number of carbonyl (C=O) groups is 1. The maximum Gasteiger partial charge on any atom is 0.320 e. The number of benzene rings is 1. The van der Waals surface area contributed by atoms with Crippen LogP contribution in [0.2, 0.25) is 0 Å². The van der Waals surface area contributed by atoms with Gasteiger partial charge in [-0.15, -0.1) is 0 Å². The van der Waals surface area contributed by atoms with Gasteiger partial charge in [0, 0.05) is 18.4 Å². The summed E-state index contributed by atoms with van der Waals surface area (Å²) in [6.07, 6.45) is 6.18. The number of carbonyl (C=O) groups excluding carboxylic acids is 1. The van der Waals surface area contributed by atoms with E-state index < -0.39 is 0 Å². The van der Waals surface area contributed by atoms with E-state index in [9.17, 15) is 4.79 Å². The van der Waals surface area contributed by atoms with E-state index in [2.05, 4.69) is 53.7 Å². The lowest BCUT2D eigenvalue weighted by atomic mass is 10.0. The second-order valence-corrected chi connectivity index (χ2v) is 7.60. The predicted molar refractivity (Wildman–Crippen MR) is 111 cm³/mol. The van der Waals surface area contributed by atoms with Gasteiger partial charge < -0.3 is 20.3 Å². The minimum absolute atomic E-state index is 0.00289. The zero-order valence-corrected chi connectivity index (χ0v) is 17.4. The van der Waals surface area contributed by atoms with E-state index in [1.165, 1.54) is 16.7 Å². The van der Waals surface area contributed by atoms with Crippen molar-refractivity contribution in [2.75, 3.05) is 27.2 Å². The number of esters is 1. The maximum absolute atomic E-state index is 11.9. The average molecular weight is 383 g/mol. The number of allylic oxidation sites excluding steroid dienone is 3. The molecule has 1 unspecified atom stereocenters. The zero-order chi connectivity index (χ0) is 20.3. The first kappa shape index (κ1) is 20.0. The molecule has 6 nitrogen and oxygen atoms in total. The van der Waals surface area contributed by atoms with Gasteiger partial charge in [0.05, 0.1) is 17.9 Å². The Balaban J connectivity index is 1.63. The van der Waals surface area contributed by atoms with Crippen LogP contribution in [0, 0.1) is 13.8 Å². The molecule has 0 fully saturated rings. The van der Waals surface area contributed by atoms with Crippen LogP contribution < -0.4 is 10.6 Å². The number of hydrogen-bond donors (Lipinski definition) is 2. The van der Waals surface area contributed by atoms with Gasteiger partial charge in [0.15, 0.2) is 0 Å². The second kappa shape index (κ2) is 8.52. The highest BCUT2D eigenvalue weighted by molar-refractivity contribution is 5.71. The molecule has 0 saturated heterocycles. The SMILES string of the molecule is CC1=C(COC(=O)CN(C)C)NC2C(NCc3c(C)cccc3C)=CC=CN12. The summed E-state index contributed by atoms with van der Waals surface area (Å²) in [6, 6.07) is 6.38. The summed E-state index contributed by atoms with van der Waals surface area (Å²) < 4.78 is 5.42. The summed E-state index contributed by atoms with van der Waals surface area (Å²) in [5.74, 6) is -0.226. The van der Waals surface area contributed by atoms with Crippen molar-refractivity contribution in [2.24, 2.45) is 0 Å². The van der Waals surface area contributed by atoms with Gasteiger partial charge in [0.1, 0.15) is 12.8 Å². The van der Waals surface area contributed by atoms with Gasteiger partial charge in [-0.3, -0.25) is 9.69 Å². The van der Waals surface area contributed by atoms with E-state index in [1.807, 2.05) is 33.3 Å². The predicted octanol–water partition coefficient (Wildman–Crippen LogP) is 2.37. The number of fused-ring (bicyclic) bond motifs is 1. The van der Waals surface area contributed by atoms with Crippen LogP contribution in [0.25, 0.3) is 0 Å². The van der Waals surface area contributed by atoms with E-state index in [0.717, 1.165) is 23.6 Å². The average Bonchev–Trinajstić information content (AvgIpc) is 2.96. The van der Waals surface area contributed by atoms with Crippen molar-refractivity contribution in [2.45, 2.75) is 33.5 Å². The smallest absolute Gasteiger partial charge is 0.320 e. The van der Waals surface area contributed by atoms with E-state index in [4.69, 9.17) is 4.74 Å². The van der Waals surface area contributed by atoms with Crippen molar-refractivity contribution < 1.29 is 9.53 Å². The lowest BCUT2D eigenvalue weighted by Gasteiger charge is -2.30. The maximum atomic E-state index is 11.9. The van der Waals surface area contributed by atoms with Crippen LogP contribution in [0.5, 0.6) is 0 Å². The monoisotopic (exact) mass is 382 g/mol. The van der Waals surface area contributed by atoms with Crippen LogP contribution in [-0.2, 0) is 16.1 Å². The summed E-state index contributed by atoms with van der Waals surface area (Å²) in [6.45, 7) is 7.64. The largest absolute Gasteiger partial charge is 0.458 e. The third kappa shape index (κ3) is 4.39. The molecule has 0 bridgehead atoms. The minimum Gasteiger partial charge on any atom is -0.458 e. The molecule has 1 atom stereocenters. The van der Waals surface area contributed by atoms with Crippen molar-refractivity contribution in [3.05, 3.63) is 70.3 Å². The third-order valence-electron chi connectivity index (χ3n) is 5.17. The molecule has 0 aromatic heterocycles. The molecule has 2 aliphatic heterocycles. The first-order valence-corrected chi connectivity index (χ1v) is 9.59. The molecule has 150 valence electrons. The Morgan fingerprint density at radius 1 is 1.25 bits per heavy atom. The van der Waals surface area contributed by atoms with Crippen molar-refractivity contribution in [1.29, 1.82) is 0 Å². The fraction of sp³-hybridized carbons (Fsp3) is 0.409. The summed E-state index contributed by atoms with van der Waals surface area (Å²) in [4.78, 5) is 15.8. The Hall–Kier alpha value is -2.73. The minimum atomic E-state index is -0.226. The van der Waals surface area contributed by atoms with Gasteiger partial charge in [-0.05, 0) is 63.7 Å². The van der Waals surface area contributed by atoms with E-state index in [0.29, 0.717) is 0 Å². The lowest BCUT2D eigenvalue weighted by Crippen LogP contribution is -2.42. The van der Waals surface area contributed by atoms with Gasteiger partial charge >= 0.3 is 5.97 Å². The summed E-state index contributed by atoms with van der Waals surface area (Å²) >= 11 is 0. The summed E-state index contributed by atoms with van der Waals surface area (Å²) in [5.41, 5.74) is 7.00. The van der Waals surface area contributed by atoms with Gasteiger partial charge in [0.25, 0.3) is 0 Å². The number of nitrogens with one attached hydrogen (secondary N) is 2. The summed E-state index contributed by atoms with van der Waals surface area (Å²) in [7, 11) is 3.70. The number of aryl methyl sites for hydroxylation is 2. The van der Waals surface area contributed by atoms with Crippen LogP contribution in [0.15, 0.2) is 53.6 Å². The molecule has 0 saturated carbocycles. The highest BCUT2D eigenvalue weighted by Crippen LogP contribution is 2.27. The topological polar surface area (TPSA) is 56.8 Å². The number of likely N-dealkylation sites (N-methyl/N-ethyl adjacent to an activating group) is 1. The van der Waals surface area contributed by atoms with Crippen molar-refractivity contribution in [3.8, 4) is 0 Å². The molecular formula is C22H30N4O2. The first-order chi connectivity index (χ1) is 13.4. The Labute approximate surface area is 167 Å². The molecule has 3 rings (SSSR count). The molecule has 0 radical (unpaired) electrons. The highest BCUT2D eigenvalue weighted by atomic mass is 16.5. The molecule has 1 aromatic rings. The Morgan fingerprint density at radius 2 is 1.96 bits per heavy atom. The van der Waals surface area contributed by atoms with Crippen LogP contribution in [0.4, 0.5) is 0 Å². The first-order valence-electron chi connectivity index (χ1n) is 9.59. The van der Waals surface area contributed by atoms with Crippen LogP contribution in [-0.4, -0.2) is 49.2 Å². The normalized spacial score (nSPS) is 18.1. The third-order valence-corrected chi connectivity index (χ3v) is 5.17. The number of rotatable bonds is 7. The summed E-state index contributed by atoms with van der Waals surface area (Å²) in [5, 5.41) is 7.09. The molecular weight excluding hydrogens is 352 g/mol. The van der Waals surface area contributed by atoms with Crippen molar-refractivity contribution in [3.63, 3.8) is 0 Å². The molecule has 0 spiro atoms. The molecule has 2 N–H and O–H groups in total. The van der Waals surface area contributed by atoms with Crippen LogP contribution >= 0.6 is 0 Å². The molecule has 2 aliphatic rings.